The van der Waals surface area contributed by atoms with Crippen molar-refractivity contribution >= 4 is 21.7 Å². The van der Waals surface area contributed by atoms with E-state index in [0.717, 1.165) is 33.2 Å². The maximum Gasteiger partial charge on any atom is 0.190 e. The van der Waals surface area contributed by atoms with E-state index in [1.54, 1.807) is 6.07 Å². The summed E-state index contributed by atoms with van der Waals surface area (Å²) in [5, 5.41) is 3.06. The fraction of sp³-hybridized carbons (Fsp3) is 0. The van der Waals surface area contributed by atoms with Gasteiger partial charge in [0.25, 0.3) is 0 Å². The van der Waals surface area contributed by atoms with Gasteiger partial charge in [0.05, 0.1) is 16.9 Å². The summed E-state index contributed by atoms with van der Waals surface area (Å²) in [7, 11) is 0. The van der Waals surface area contributed by atoms with E-state index in [-0.39, 0.29) is 5.43 Å². The van der Waals surface area contributed by atoms with E-state index in [2.05, 4.69) is 41.0 Å². The Morgan fingerprint density at radius 2 is 1.26 bits per heavy atom. The summed E-state index contributed by atoms with van der Waals surface area (Å²) in [6, 6.07) is 34.3. The van der Waals surface area contributed by atoms with Crippen LogP contribution in [0.5, 0.6) is 0 Å². The Hall–Kier alpha value is -3.65. The van der Waals surface area contributed by atoms with Gasteiger partial charge in [-0.2, -0.15) is 0 Å². The molecule has 0 aliphatic rings. The molecule has 0 radical (unpaired) electrons. The first-order valence-electron chi connectivity index (χ1n) is 9.01. The van der Waals surface area contributed by atoms with Crippen molar-refractivity contribution in [1.29, 1.82) is 0 Å². The van der Waals surface area contributed by atoms with Gasteiger partial charge in [-0.25, -0.2) is 0 Å². The van der Waals surface area contributed by atoms with E-state index in [9.17, 15) is 4.79 Å². The average molecular weight is 347 g/mol. The van der Waals surface area contributed by atoms with Crippen molar-refractivity contribution in [2.24, 2.45) is 0 Å². The summed E-state index contributed by atoms with van der Waals surface area (Å²) in [6.45, 7) is 0. The number of para-hydroxylation sites is 1. The van der Waals surface area contributed by atoms with Gasteiger partial charge in [-0.05, 0) is 29.1 Å². The molecule has 128 valence electrons. The molecule has 0 spiro atoms. The van der Waals surface area contributed by atoms with E-state index < -0.39 is 0 Å². The molecule has 5 aromatic rings. The van der Waals surface area contributed by atoms with Gasteiger partial charge < -0.3 is 4.57 Å². The van der Waals surface area contributed by atoms with Crippen LogP contribution in [0.3, 0.4) is 0 Å². The minimum absolute atomic E-state index is 0.0425. The van der Waals surface area contributed by atoms with Gasteiger partial charge in [0.2, 0.25) is 0 Å². The average Bonchev–Trinajstić information content (AvgIpc) is 2.74. The molecule has 0 aliphatic heterocycles. The van der Waals surface area contributed by atoms with E-state index in [1.165, 1.54) is 5.39 Å². The van der Waals surface area contributed by atoms with Gasteiger partial charge in [-0.3, -0.25) is 4.79 Å². The number of nitrogens with zero attached hydrogens (tertiary/aromatic N) is 1. The molecule has 2 heteroatoms. The van der Waals surface area contributed by atoms with Gasteiger partial charge >= 0.3 is 0 Å². The fourth-order valence-electron chi connectivity index (χ4n) is 3.76. The molecule has 0 saturated carbocycles. The van der Waals surface area contributed by atoms with Crippen LogP contribution in [-0.2, 0) is 0 Å². The second-order valence-electron chi connectivity index (χ2n) is 6.61. The second kappa shape index (κ2) is 6.26. The summed E-state index contributed by atoms with van der Waals surface area (Å²) in [5.41, 5.74) is 3.95. The maximum absolute atomic E-state index is 12.8. The Bertz CT molecular complexity index is 1330. The number of pyridine rings is 1. The molecule has 4 aromatic carbocycles. The Morgan fingerprint density at radius 3 is 2.11 bits per heavy atom. The first-order valence-corrected chi connectivity index (χ1v) is 9.01. The normalized spacial score (nSPS) is 11.1. The molecule has 0 unspecified atom stereocenters. The Labute approximate surface area is 157 Å². The van der Waals surface area contributed by atoms with Gasteiger partial charge in [0.1, 0.15) is 0 Å². The number of hydrogen-bond donors (Lipinski definition) is 0. The Kier molecular flexibility index (Phi) is 3.61. The lowest BCUT2D eigenvalue weighted by atomic mass is 10.0. The zero-order chi connectivity index (χ0) is 18.2. The van der Waals surface area contributed by atoms with Crippen molar-refractivity contribution in [3.05, 3.63) is 113 Å². The largest absolute Gasteiger partial charge is 0.308 e. The third-order valence-corrected chi connectivity index (χ3v) is 5.00. The van der Waals surface area contributed by atoms with Crippen LogP contribution in [0, 0.1) is 0 Å². The van der Waals surface area contributed by atoms with Crippen molar-refractivity contribution in [3.63, 3.8) is 0 Å². The molecule has 0 fully saturated rings. The number of fused-ring (bicyclic) bond motifs is 2. The van der Waals surface area contributed by atoms with Crippen molar-refractivity contribution in [2.75, 3.05) is 0 Å². The molecule has 0 aliphatic carbocycles. The second-order valence-corrected chi connectivity index (χ2v) is 6.61. The van der Waals surface area contributed by atoms with Crippen LogP contribution in [0.2, 0.25) is 0 Å². The summed E-state index contributed by atoms with van der Waals surface area (Å²) in [5.74, 6) is 0. The molecule has 0 bridgehead atoms. The van der Waals surface area contributed by atoms with E-state index in [0.29, 0.717) is 0 Å². The van der Waals surface area contributed by atoms with Crippen LogP contribution in [0.4, 0.5) is 0 Å². The molecule has 0 amide bonds. The lowest BCUT2D eigenvalue weighted by Crippen LogP contribution is -2.10. The predicted molar refractivity (Wildman–Crippen MR) is 112 cm³/mol. The number of hydrogen-bond acceptors (Lipinski definition) is 1. The maximum atomic E-state index is 12.8. The summed E-state index contributed by atoms with van der Waals surface area (Å²) in [4.78, 5) is 12.8. The lowest BCUT2D eigenvalue weighted by molar-refractivity contribution is 1.12. The number of aromatic nitrogens is 1. The minimum Gasteiger partial charge on any atom is -0.308 e. The van der Waals surface area contributed by atoms with Crippen LogP contribution in [-0.4, -0.2) is 4.57 Å². The highest BCUT2D eigenvalue weighted by Gasteiger charge is 2.14. The molecule has 0 saturated heterocycles. The molecular weight excluding hydrogens is 330 g/mol. The molecule has 0 atom stereocenters. The highest BCUT2D eigenvalue weighted by Crippen LogP contribution is 2.30. The molecule has 1 aromatic heterocycles. The third kappa shape index (κ3) is 2.54. The quantitative estimate of drug-likeness (QED) is 0.395. The van der Waals surface area contributed by atoms with E-state index in [4.69, 9.17) is 0 Å². The predicted octanol–water partition coefficient (Wildman–Crippen LogP) is 5.81. The van der Waals surface area contributed by atoms with Crippen LogP contribution < -0.4 is 5.43 Å². The van der Waals surface area contributed by atoms with E-state index in [1.807, 2.05) is 60.7 Å². The van der Waals surface area contributed by atoms with Crippen molar-refractivity contribution < 1.29 is 0 Å². The fourth-order valence-corrected chi connectivity index (χ4v) is 3.76. The number of rotatable bonds is 2. The smallest absolute Gasteiger partial charge is 0.190 e. The van der Waals surface area contributed by atoms with Gasteiger partial charge in [-0.15, -0.1) is 0 Å². The molecule has 2 nitrogen and oxygen atoms in total. The van der Waals surface area contributed by atoms with Crippen LogP contribution >= 0.6 is 0 Å². The zero-order valence-corrected chi connectivity index (χ0v) is 14.7. The monoisotopic (exact) mass is 347 g/mol. The number of benzene rings is 4. The summed E-state index contributed by atoms with van der Waals surface area (Å²) >= 11 is 0. The molecule has 5 rings (SSSR count). The molecule has 0 N–H and O–H groups in total. The van der Waals surface area contributed by atoms with Crippen molar-refractivity contribution in [3.8, 4) is 16.9 Å². The summed E-state index contributed by atoms with van der Waals surface area (Å²) < 4.78 is 2.20. The highest BCUT2D eigenvalue weighted by atomic mass is 16.1. The first-order chi connectivity index (χ1) is 13.3. The minimum atomic E-state index is 0.0425. The van der Waals surface area contributed by atoms with Gasteiger partial charge in [0, 0.05) is 16.8 Å². The van der Waals surface area contributed by atoms with Gasteiger partial charge in [0.15, 0.2) is 5.43 Å². The zero-order valence-electron chi connectivity index (χ0n) is 14.7. The Balaban J connectivity index is 1.99. The third-order valence-electron chi connectivity index (χ3n) is 5.00. The topological polar surface area (TPSA) is 22.0 Å². The SMILES string of the molecule is O=c1cc(-c2ccccc2)n(-c2cccc3ccccc23)c2ccccc12. The molecule has 1 heterocycles. The summed E-state index contributed by atoms with van der Waals surface area (Å²) in [6.07, 6.45) is 0. The van der Waals surface area contributed by atoms with Crippen LogP contribution in [0.1, 0.15) is 0 Å². The highest BCUT2D eigenvalue weighted by molar-refractivity contribution is 5.94. The molecule has 27 heavy (non-hydrogen) atoms. The van der Waals surface area contributed by atoms with Crippen LogP contribution in [0.15, 0.2) is 108 Å². The van der Waals surface area contributed by atoms with Crippen LogP contribution in [0.25, 0.3) is 38.6 Å². The first kappa shape index (κ1) is 15.6. The molecular formula is C25H17NO. The lowest BCUT2D eigenvalue weighted by Gasteiger charge is -2.19. The van der Waals surface area contributed by atoms with Gasteiger partial charge in [-0.1, -0.05) is 78.9 Å². The standard InChI is InChI=1S/C25H17NO/c27-25-17-24(19-10-2-1-3-11-19)26(23-15-7-6-14-21(23)25)22-16-8-12-18-9-4-5-13-20(18)22/h1-17H. The van der Waals surface area contributed by atoms with Crippen molar-refractivity contribution in [1.82, 2.24) is 4.57 Å². The Morgan fingerprint density at radius 1 is 0.593 bits per heavy atom. The van der Waals surface area contributed by atoms with E-state index >= 15 is 0 Å². The van der Waals surface area contributed by atoms with Crippen molar-refractivity contribution in [2.45, 2.75) is 0 Å².